The van der Waals surface area contributed by atoms with Gasteiger partial charge in [0.15, 0.2) is 11.5 Å². The van der Waals surface area contributed by atoms with Crippen molar-refractivity contribution >= 4 is 85.6 Å². The summed E-state index contributed by atoms with van der Waals surface area (Å²) in [6.45, 7) is 6.26. The fourth-order valence-electron chi connectivity index (χ4n) is 6.97. The molecule has 2 fully saturated rings. The van der Waals surface area contributed by atoms with E-state index in [0.717, 1.165) is 19.4 Å². The number of rotatable bonds is 19. The second-order valence-corrected chi connectivity index (χ2v) is 16.9. The summed E-state index contributed by atoms with van der Waals surface area (Å²) in [6, 6.07) is 15.8. The smallest absolute Gasteiger partial charge is 0.320 e. The van der Waals surface area contributed by atoms with Crippen LogP contribution in [0.5, 0.6) is 17.2 Å². The number of hydrogen-bond donors (Lipinski definition) is 3. The molecule has 1 aliphatic carbocycles. The van der Waals surface area contributed by atoms with Gasteiger partial charge < -0.3 is 44.5 Å². The van der Waals surface area contributed by atoms with Gasteiger partial charge in [-0.2, -0.15) is 0 Å². The Morgan fingerprint density at radius 1 is 0.853 bits per heavy atom. The number of methoxy groups -OCH3 is 2. The van der Waals surface area contributed by atoms with Crippen molar-refractivity contribution in [3.63, 3.8) is 0 Å². The van der Waals surface area contributed by atoms with Crippen molar-refractivity contribution in [3.05, 3.63) is 107 Å². The van der Waals surface area contributed by atoms with Gasteiger partial charge in [0.05, 0.1) is 53.6 Å². The molecule has 8 rings (SSSR count). The number of nitrogens with zero attached hydrogens (tertiary/aromatic N) is 6. The van der Waals surface area contributed by atoms with E-state index >= 15 is 0 Å². The van der Waals surface area contributed by atoms with Gasteiger partial charge in [-0.1, -0.05) is 29.3 Å². The van der Waals surface area contributed by atoms with E-state index < -0.39 is 11.6 Å². The quantitative estimate of drug-likeness (QED) is 0.0519. The summed E-state index contributed by atoms with van der Waals surface area (Å²) >= 11 is 11.8. The molecule has 3 heterocycles. The van der Waals surface area contributed by atoms with Gasteiger partial charge >= 0.3 is 5.97 Å². The van der Waals surface area contributed by atoms with Crippen molar-refractivity contribution in [2.45, 2.75) is 25.9 Å². The molecule has 2 aromatic heterocycles. The summed E-state index contributed by atoms with van der Waals surface area (Å²) in [4.78, 5) is 45.7. The normalized spacial score (nSPS) is 15.0. The number of carbonyl (C=O) groups is 2. The average molecular weight is 975 g/mol. The first kappa shape index (κ1) is 49.5. The Balaban J connectivity index is 0.000000203. The van der Waals surface area contributed by atoms with Crippen LogP contribution < -0.4 is 30.2 Å². The third-order valence-electron chi connectivity index (χ3n) is 10.7. The van der Waals surface area contributed by atoms with Gasteiger partial charge in [-0.25, -0.2) is 28.7 Å². The van der Waals surface area contributed by atoms with E-state index in [1.165, 1.54) is 43.0 Å². The number of halogens is 4. The zero-order valence-corrected chi connectivity index (χ0v) is 39.4. The van der Waals surface area contributed by atoms with Gasteiger partial charge in [0.2, 0.25) is 5.91 Å². The molecule has 4 aromatic carbocycles. The summed E-state index contributed by atoms with van der Waals surface area (Å²) in [5, 5.41) is 10.6. The van der Waals surface area contributed by atoms with Crippen LogP contribution in [0.4, 0.5) is 37.5 Å². The number of esters is 1. The van der Waals surface area contributed by atoms with Crippen molar-refractivity contribution in [2.75, 3.05) is 89.8 Å². The summed E-state index contributed by atoms with van der Waals surface area (Å²) in [5.41, 5.74) is 2.95. The Labute approximate surface area is 401 Å². The molecule has 1 saturated carbocycles. The molecular formula is C48H51Cl2F2N9O7. The number of benzene rings is 4. The maximum absolute atomic E-state index is 13.6. The van der Waals surface area contributed by atoms with E-state index in [9.17, 15) is 18.4 Å². The number of aromatic nitrogens is 4. The number of hydrogen-bond acceptors (Lipinski definition) is 15. The Bertz CT molecular complexity index is 2770. The highest BCUT2D eigenvalue weighted by atomic mass is 35.5. The number of ether oxygens (including phenoxy) is 5. The van der Waals surface area contributed by atoms with Gasteiger partial charge in [-0.15, -0.1) is 0 Å². The van der Waals surface area contributed by atoms with Crippen molar-refractivity contribution in [1.29, 1.82) is 0 Å². The first-order valence-electron chi connectivity index (χ1n) is 21.7. The van der Waals surface area contributed by atoms with E-state index in [-0.39, 0.29) is 34.6 Å². The molecule has 0 bridgehead atoms. The Hall–Kier alpha value is -6.44. The fourth-order valence-corrected chi connectivity index (χ4v) is 7.33. The van der Waals surface area contributed by atoms with Crippen LogP contribution in [0.3, 0.4) is 0 Å². The number of carbonyl (C=O) groups excluding carboxylic acids is 2. The number of nitrogens with one attached hydrogen (secondary N) is 3. The van der Waals surface area contributed by atoms with Crippen LogP contribution in [-0.2, 0) is 19.1 Å². The molecule has 1 aliphatic heterocycles. The van der Waals surface area contributed by atoms with Crippen LogP contribution in [0.2, 0.25) is 10.0 Å². The monoisotopic (exact) mass is 973 g/mol. The van der Waals surface area contributed by atoms with Crippen LogP contribution in [0, 0.1) is 17.6 Å². The largest absolute Gasteiger partial charge is 0.493 e. The van der Waals surface area contributed by atoms with Gasteiger partial charge in [0, 0.05) is 73.6 Å². The molecule has 1 atom stereocenters. The van der Waals surface area contributed by atoms with Gasteiger partial charge in [0.25, 0.3) is 0 Å². The average Bonchev–Trinajstić information content (AvgIpc) is 4.15. The lowest BCUT2D eigenvalue weighted by atomic mass is 10.1. The maximum Gasteiger partial charge on any atom is 0.320 e. The minimum atomic E-state index is -0.504. The third kappa shape index (κ3) is 13.8. The van der Waals surface area contributed by atoms with Gasteiger partial charge in [0.1, 0.15) is 54.4 Å². The van der Waals surface area contributed by atoms with E-state index in [0.29, 0.717) is 113 Å². The summed E-state index contributed by atoms with van der Waals surface area (Å²) < 4.78 is 54.8. The van der Waals surface area contributed by atoms with Crippen molar-refractivity contribution in [1.82, 2.24) is 29.7 Å². The molecule has 0 spiro atoms. The van der Waals surface area contributed by atoms with Crippen molar-refractivity contribution < 1.29 is 42.1 Å². The number of morpholine rings is 1. The molecule has 1 saturated heterocycles. The second kappa shape index (κ2) is 23.5. The first-order chi connectivity index (χ1) is 32.8. The number of likely N-dealkylation sites (N-methyl/N-ethyl adjacent to an activating group) is 1. The number of anilines is 5. The van der Waals surface area contributed by atoms with Crippen LogP contribution >= 0.6 is 23.2 Å². The number of fused-ring (bicyclic) bond motifs is 2. The number of cyclic esters (lactones) is 1. The zero-order valence-electron chi connectivity index (χ0n) is 37.9. The molecule has 0 radical (unpaired) electrons. The first-order valence-corrected chi connectivity index (χ1v) is 22.5. The third-order valence-corrected chi connectivity index (χ3v) is 11.3. The highest BCUT2D eigenvalue weighted by Gasteiger charge is 2.25. The summed E-state index contributed by atoms with van der Waals surface area (Å²) in [5.74, 6) is 1.61. The lowest BCUT2D eigenvalue weighted by Gasteiger charge is -2.29. The van der Waals surface area contributed by atoms with Crippen LogP contribution in [0.15, 0.2) is 85.5 Å². The van der Waals surface area contributed by atoms with E-state index in [1.807, 2.05) is 23.8 Å². The summed E-state index contributed by atoms with van der Waals surface area (Å²) in [6.07, 6.45) is 8.30. The molecule has 1 amide bonds. The van der Waals surface area contributed by atoms with Crippen LogP contribution in [-0.4, -0.2) is 122 Å². The molecule has 358 valence electrons. The van der Waals surface area contributed by atoms with Crippen molar-refractivity contribution in [2.24, 2.45) is 5.92 Å². The van der Waals surface area contributed by atoms with Crippen molar-refractivity contribution in [3.8, 4) is 17.2 Å². The van der Waals surface area contributed by atoms with Crippen LogP contribution in [0.25, 0.3) is 21.8 Å². The Kier molecular flexibility index (Phi) is 17.1. The molecule has 2 aliphatic rings. The van der Waals surface area contributed by atoms with E-state index in [1.54, 1.807) is 56.7 Å². The standard InChI is InChI=1S/C26H29ClFN5O3.C22H22ClFN4O4/c1-33(10-11-35-2)9-3-4-25(34)32-23-13-19-22(14-24(23)36-15-17-5-6-17)29-16-30-26(19)31-18-7-8-21(28)20(27)12-18;1-13-10-28(11-21(29)32-13)5-6-31-20-8-15-18(9-19(20)30-2)25-12-26-22(15)27-14-3-4-17(24)16(23)7-14/h3-4,7-8,12-14,16-17H,5-6,9-11,15H2,1-2H3,(H,32,34)(H,29,30,31);3-4,7-9,12-13H,5-6,10-11H2,1-2H3,(H,25,26,27)/t;13-/m.0/s1. The fraction of sp³-hybridized carbons (Fsp3) is 0.333. The zero-order chi connectivity index (χ0) is 48.2. The molecular weight excluding hydrogens is 923 g/mol. The Morgan fingerprint density at radius 3 is 2.07 bits per heavy atom. The highest BCUT2D eigenvalue weighted by Crippen LogP contribution is 2.37. The lowest BCUT2D eigenvalue weighted by Crippen LogP contribution is -2.45. The molecule has 16 nitrogen and oxygen atoms in total. The van der Waals surface area contributed by atoms with Gasteiger partial charge in [-0.3, -0.25) is 14.5 Å². The highest BCUT2D eigenvalue weighted by molar-refractivity contribution is 6.31. The molecule has 3 N–H and O–H groups in total. The molecule has 6 aromatic rings. The topological polar surface area (TPSA) is 174 Å². The minimum Gasteiger partial charge on any atom is -0.493 e. The molecule has 20 heteroatoms. The Morgan fingerprint density at radius 2 is 1.49 bits per heavy atom. The number of amides is 1. The molecule has 68 heavy (non-hydrogen) atoms. The van der Waals surface area contributed by atoms with Gasteiger partial charge in [-0.05, 0) is 81.3 Å². The minimum absolute atomic E-state index is 0.00160. The van der Waals surface area contributed by atoms with E-state index in [4.69, 9.17) is 46.9 Å². The van der Waals surface area contributed by atoms with Crippen LogP contribution in [0.1, 0.15) is 19.8 Å². The van der Waals surface area contributed by atoms with E-state index in [2.05, 4.69) is 35.9 Å². The predicted octanol–water partition coefficient (Wildman–Crippen LogP) is 8.83. The second-order valence-electron chi connectivity index (χ2n) is 16.1. The lowest BCUT2D eigenvalue weighted by molar-refractivity contribution is -0.157. The maximum atomic E-state index is 13.6. The predicted molar refractivity (Wildman–Crippen MR) is 258 cm³/mol. The SMILES string of the molecule is COCCN(C)CC=CC(=O)Nc1cc2c(Nc3ccc(F)c(Cl)c3)ncnc2cc1OCC1CC1.COc1cc2ncnc(Nc3ccc(F)c(Cl)c3)c2cc1OCCN1CC(=O)O[C@@H](C)C1. The summed E-state index contributed by atoms with van der Waals surface area (Å²) in [7, 11) is 5.17. The molecule has 0 unspecified atom stereocenters.